The van der Waals surface area contributed by atoms with E-state index < -0.39 is 27.7 Å². The predicted molar refractivity (Wildman–Crippen MR) is 55.4 cm³/mol. The Balaban J connectivity index is 3.33. The number of carboxylic acid groups (broad SMARTS) is 1. The number of nitro groups is 1. The van der Waals surface area contributed by atoms with Crippen LogP contribution in [0.15, 0.2) is 18.2 Å². The minimum atomic E-state index is -1.24. The number of nitrogens with zero attached hydrogens (tertiary/aromatic N) is 1. The molecule has 0 aromatic heterocycles. The molecule has 0 aliphatic carbocycles. The Hall–Kier alpha value is -2.11. The maximum atomic E-state index is 11.0. The molecule has 0 radical (unpaired) electrons. The number of phenols is 1. The summed E-state index contributed by atoms with van der Waals surface area (Å²) in [6.07, 6.45) is 0. The van der Waals surface area contributed by atoms with Crippen LogP contribution in [0.5, 0.6) is 5.75 Å². The summed E-state index contributed by atoms with van der Waals surface area (Å²) < 4.78 is 0. The van der Waals surface area contributed by atoms with Crippen LogP contribution in [0.1, 0.15) is 19.4 Å². The minimum Gasteiger partial charge on any atom is -0.502 e. The van der Waals surface area contributed by atoms with E-state index in [0.29, 0.717) is 0 Å². The SMILES string of the molecule is CC(C)(C(=O)O)c1ccc(O)c([N+](=O)[O-])c1. The largest absolute Gasteiger partial charge is 0.502 e. The van der Waals surface area contributed by atoms with E-state index in [1.54, 1.807) is 0 Å². The van der Waals surface area contributed by atoms with Gasteiger partial charge in [0, 0.05) is 6.07 Å². The normalized spacial score (nSPS) is 11.1. The fourth-order valence-corrected chi connectivity index (χ4v) is 1.18. The standard InChI is InChI=1S/C10H11NO5/c1-10(2,9(13)14)6-3-4-8(12)7(5-6)11(15)16/h3-5,12H,1-2H3,(H,13,14). The number of aromatic hydroxyl groups is 1. The molecule has 0 unspecified atom stereocenters. The molecule has 0 heterocycles. The summed E-state index contributed by atoms with van der Waals surface area (Å²) >= 11 is 0. The summed E-state index contributed by atoms with van der Waals surface area (Å²) in [6.45, 7) is 2.87. The lowest BCUT2D eigenvalue weighted by molar-refractivity contribution is -0.385. The zero-order valence-corrected chi connectivity index (χ0v) is 8.80. The van der Waals surface area contributed by atoms with Crippen molar-refractivity contribution >= 4 is 11.7 Å². The Kier molecular flexibility index (Phi) is 2.84. The molecule has 6 nitrogen and oxygen atoms in total. The summed E-state index contributed by atoms with van der Waals surface area (Å²) in [5.74, 6) is -1.57. The van der Waals surface area contributed by atoms with Crippen LogP contribution >= 0.6 is 0 Å². The number of phenolic OH excluding ortho intramolecular Hbond substituents is 1. The van der Waals surface area contributed by atoms with Crippen molar-refractivity contribution in [2.75, 3.05) is 0 Å². The molecule has 0 amide bonds. The molecule has 0 spiro atoms. The quantitative estimate of drug-likeness (QED) is 0.601. The van der Waals surface area contributed by atoms with Crippen molar-refractivity contribution in [1.29, 1.82) is 0 Å². The van der Waals surface area contributed by atoms with Crippen molar-refractivity contribution < 1.29 is 19.9 Å². The van der Waals surface area contributed by atoms with E-state index in [1.165, 1.54) is 19.9 Å². The fourth-order valence-electron chi connectivity index (χ4n) is 1.18. The third-order valence-electron chi connectivity index (χ3n) is 2.43. The number of carbonyl (C=O) groups is 1. The number of hydrogen-bond acceptors (Lipinski definition) is 4. The second-order valence-electron chi connectivity index (χ2n) is 3.89. The van der Waals surface area contributed by atoms with Crippen molar-refractivity contribution in [3.63, 3.8) is 0 Å². The van der Waals surface area contributed by atoms with Gasteiger partial charge in [-0.2, -0.15) is 0 Å². The summed E-state index contributed by atoms with van der Waals surface area (Å²) in [4.78, 5) is 20.8. The Morgan fingerprint density at radius 2 is 2.00 bits per heavy atom. The van der Waals surface area contributed by atoms with Crippen molar-refractivity contribution in [1.82, 2.24) is 0 Å². The first-order valence-electron chi connectivity index (χ1n) is 4.48. The van der Waals surface area contributed by atoms with E-state index in [-0.39, 0.29) is 5.56 Å². The molecule has 0 aliphatic rings. The highest BCUT2D eigenvalue weighted by Gasteiger charge is 2.31. The van der Waals surface area contributed by atoms with Crippen LogP contribution in [0, 0.1) is 10.1 Å². The maximum absolute atomic E-state index is 11.0. The number of benzene rings is 1. The molecule has 0 saturated heterocycles. The molecule has 0 fully saturated rings. The van der Waals surface area contributed by atoms with E-state index in [2.05, 4.69) is 0 Å². The average molecular weight is 225 g/mol. The van der Waals surface area contributed by atoms with Gasteiger partial charge in [-0.15, -0.1) is 0 Å². The zero-order valence-electron chi connectivity index (χ0n) is 8.80. The van der Waals surface area contributed by atoms with E-state index in [4.69, 9.17) is 5.11 Å². The maximum Gasteiger partial charge on any atom is 0.313 e. The Bertz CT molecular complexity index is 453. The lowest BCUT2D eigenvalue weighted by atomic mass is 9.84. The molecular formula is C10H11NO5. The van der Waals surface area contributed by atoms with Crippen LogP contribution in [0.4, 0.5) is 5.69 Å². The summed E-state index contributed by atoms with van der Waals surface area (Å²) in [5, 5.41) is 28.8. The van der Waals surface area contributed by atoms with Crippen molar-refractivity contribution in [2.24, 2.45) is 0 Å². The van der Waals surface area contributed by atoms with Gasteiger partial charge in [0.25, 0.3) is 0 Å². The third kappa shape index (κ3) is 1.95. The van der Waals surface area contributed by atoms with Gasteiger partial charge in [-0.3, -0.25) is 14.9 Å². The van der Waals surface area contributed by atoms with E-state index in [9.17, 15) is 20.0 Å². The van der Waals surface area contributed by atoms with Gasteiger partial charge >= 0.3 is 11.7 Å². The second kappa shape index (κ2) is 3.80. The molecule has 0 bridgehead atoms. The molecular weight excluding hydrogens is 214 g/mol. The number of nitro benzene ring substituents is 1. The average Bonchev–Trinajstić information content (AvgIpc) is 2.17. The molecule has 1 aromatic carbocycles. The van der Waals surface area contributed by atoms with Gasteiger partial charge in [0.2, 0.25) is 0 Å². The van der Waals surface area contributed by atoms with Crippen LogP contribution in [0.2, 0.25) is 0 Å². The predicted octanol–water partition coefficient (Wildman–Crippen LogP) is 1.66. The van der Waals surface area contributed by atoms with Gasteiger partial charge in [-0.25, -0.2) is 0 Å². The molecule has 2 N–H and O–H groups in total. The van der Waals surface area contributed by atoms with Crippen LogP contribution in [-0.4, -0.2) is 21.1 Å². The van der Waals surface area contributed by atoms with E-state index in [1.807, 2.05) is 0 Å². The smallest absolute Gasteiger partial charge is 0.313 e. The monoisotopic (exact) mass is 225 g/mol. The van der Waals surface area contributed by atoms with Gasteiger partial charge in [0.1, 0.15) is 0 Å². The number of aliphatic carboxylic acids is 1. The topological polar surface area (TPSA) is 101 Å². The molecule has 0 saturated carbocycles. The lowest BCUT2D eigenvalue weighted by Gasteiger charge is -2.19. The first-order valence-corrected chi connectivity index (χ1v) is 4.48. The van der Waals surface area contributed by atoms with Gasteiger partial charge in [0.15, 0.2) is 5.75 Å². The number of rotatable bonds is 3. The van der Waals surface area contributed by atoms with E-state index >= 15 is 0 Å². The van der Waals surface area contributed by atoms with Gasteiger partial charge in [-0.1, -0.05) is 6.07 Å². The first kappa shape index (κ1) is 12.0. The summed E-state index contributed by atoms with van der Waals surface area (Å²) in [7, 11) is 0. The molecule has 6 heteroatoms. The lowest BCUT2D eigenvalue weighted by Crippen LogP contribution is -2.28. The van der Waals surface area contributed by atoms with E-state index in [0.717, 1.165) is 12.1 Å². The Morgan fingerprint density at radius 1 is 1.44 bits per heavy atom. The van der Waals surface area contributed by atoms with Crippen molar-refractivity contribution in [3.8, 4) is 5.75 Å². The molecule has 0 atom stereocenters. The Labute approximate surface area is 91.3 Å². The highest BCUT2D eigenvalue weighted by molar-refractivity contribution is 5.80. The fraction of sp³-hybridized carbons (Fsp3) is 0.300. The molecule has 1 aromatic rings. The van der Waals surface area contributed by atoms with Crippen molar-refractivity contribution in [3.05, 3.63) is 33.9 Å². The van der Waals surface area contributed by atoms with Gasteiger partial charge in [-0.05, 0) is 25.5 Å². The molecule has 86 valence electrons. The van der Waals surface area contributed by atoms with Crippen LogP contribution in [0.3, 0.4) is 0 Å². The number of carboxylic acids is 1. The second-order valence-corrected chi connectivity index (χ2v) is 3.89. The van der Waals surface area contributed by atoms with Crippen LogP contribution in [-0.2, 0) is 10.2 Å². The van der Waals surface area contributed by atoms with Gasteiger partial charge < -0.3 is 10.2 Å². The highest BCUT2D eigenvalue weighted by atomic mass is 16.6. The zero-order chi connectivity index (χ0) is 12.5. The molecule has 16 heavy (non-hydrogen) atoms. The highest BCUT2D eigenvalue weighted by Crippen LogP contribution is 2.32. The third-order valence-corrected chi connectivity index (χ3v) is 2.43. The Morgan fingerprint density at radius 3 is 2.44 bits per heavy atom. The van der Waals surface area contributed by atoms with Crippen molar-refractivity contribution in [2.45, 2.75) is 19.3 Å². The summed E-state index contributed by atoms with van der Waals surface area (Å²) in [6, 6.07) is 3.55. The summed E-state index contributed by atoms with van der Waals surface area (Å²) in [5.41, 5.74) is -1.46. The van der Waals surface area contributed by atoms with Crippen LogP contribution in [0.25, 0.3) is 0 Å². The molecule has 1 rings (SSSR count). The van der Waals surface area contributed by atoms with Crippen LogP contribution < -0.4 is 0 Å². The minimum absolute atomic E-state index is 0.268. The van der Waals surface area contributed by atoms with Gasteiger partial charge in [0.05, 0.1) is 10.3 Å². The first-order chi connectivity index (χ1) is 7.26. The number of hydrogen-bond donors (Lipinski definition) is 2. The molecule has 0 aliphatic heterocycles.